The number of morpholine rings is 1. The number of anilines is 1. The number of hydrogen-bond acceptors (Lipinski definition) is 6. The van der Waals surface area contributed by atoms with E-state index in [2.05, 4.69) is 33.3 Å². The monoisotopic (exact) mass is 400 g/mol. The van der Waals surface area contributed by atoms with E-state index in [4.69, 9.17) is 9.72 Å². The van der Waals surface area contributed by atoms with Crippen molar-refractivity contribution in [2.75, 3.05) is 44.2 Å². The van der Waals surface area contributed by atoms with Gasteiger partial charge in [-0.25, -0.2) is 4.98 Å². The molecule has 3 fully saturated rings. The lowest BCUT2D eigenvalue weighted by atomic mass is 9.82. The second-order valence-electron chi connectivity index (χ2n) is 8.11. The number of aromatic nitrogens is 1. The van der Waals surface area contributed by atoms with Gasteiger partial charge in [0, 0.05) is 44.7 Å². The van der Waals surface area contributed by atoms with Crippen LogP contribution >= 0.6 is 11.3 Å². The van der Waals surface area contributed by atoms with E-state index in [9.17, 15) is 4.79 Å². The van der Waals surface area contributed by atoms with Crippen LogP contribution in [-0.4, -0.2) is 67.3 Å². The Hall–Kier alpha value is -1.70. The lowest BCUT2D eigenvalue weighted by Crippen LogP contribution is -2.53. The number of thiazole rings is 1. The van der Waals surface area contributed by atoms with Gasteiger partial charge < -0.3 is 19.9 Å². The maximum atomic E-state index is 13.2. The van der Waals surface area contributed by atoms with Crippen LogP contribution in [0.4, 0.5) is 5.13 Å². The van der Waals surface area contributed by atoms with Crippen LogP contribution in [0.2, 0.25) is 0 Å². The van der Waals surface area contributed by atoms with Crippen LogP contribution in [0.15, 0.2) is 24.3 Å². The molecule has 28 heavy (non-hydrogen) atoms. The number of carbonyl (C=O) groups excluding carboxylic acids is 1. The largest absolute Gasteiger partial charge is 0.375 e. The topological polar surface area (TPSA) is 57.7 Å². The average Bonchev–Trinajstić information content (AvgIpc) is 3.02. The van der Waals surface area contributed by atoms with Crippen molar-refractivity contribution in [3.8, 4) is 0 Å². The van der Waals surface area contributed by atoms with Crippen LogP contribution in [0, 0.1) is 5.92 Å². The quantitative estimate of drug-likeness (QED) is 0.839. The summed E-state index contributed by atoms with van der Waals surface area (Å²) in [4.78, 5) is 22.4. The van der Waals surface area contributed by atoms with Crippen LogP contribution in [-0.2, 0) is 9.53 Å². The third kappa shape index (κ3) is 3.63. The maximum absolute atomic E-state index is 13.2. The second-order valence-corrected chi connectivity index (χ2v) is 9.12. The molecule has 7 heteroatoms. The van der Waals surface area contributed by atoms with E-state index in [1.54, 1.807) is 11.3 Å². The molecule has 0 bridgehead atoms. The Kier molecular flexibility index (Phi) is 5.22. The van der Waals surface area contributed by atoms with Gasteiger partial charge in [-0.15, -0.1) is 0 Å². The number of carbonyl (C=O) groups is 1. The number of ether oxygens (including phenoxy) is 1. The molecule has 150 valence electrons. The first-order valence-electron chi connectivity index (χ1n) is 10.5. The molecule has 3 atom stereocenters. The molecule has 1 aromatic heterocycles. The summed E-state index contributed by atoms with van der Waals surface area (Å²) >= 11 is 1.75. The Balaban J connectivity index is 1.22. The van der Waals surface area contributed by atoms with Crippen molar-refractivity contribution >= 4 is 32.6 Å². The Morgan fingerprint density at radius 3 is 3.04 bits per heavy atom. The molecule has 1 N–H and O–H groups in total. The molecule has 3 heterocycles. The standard InChI is InChI=1S/C21H28N4O2S/c26-20(15-6-7-18-17(14-15)22-8-13-27-18)24-9-3-10-25(12-11-24)21-23-16-4-1-2-5-19(16)28-21/h1-2,4-5,15,17-18,22H,3,6-14H2/t15-,17+,18+/m0/s1. The first-order chi connectivity index (χ1) is 13.8. The number of benzene rings is 1. The summed E-state index contributed by atoms with van der Waals surface area (Å²) in [6.07, 6.45) is 4.18. The van der Waals surface area contributed by atoms with Crippen molar-refractivity contribution in [2.45, 2.75) is 37.8 Å². The molecular formula is C21H28N4O2S. The zero-order chi connectivity index (χ0) is 18.9. The van der Waals surface area contributed by atoms with Crippen LogP contribution in [0.3, 0.4) is 0 Å². The lowest BCUT2D eigenvalue weighted by Gasteiger charge is -2.40. The Morgan fingerprint density at radius 2 is 2.11 bits per heavy atom. The Bertz CT molecular complexity index is 808. The minimum absolute atomic E-state index is 0.143. The normalized spacial score (nSPS) is 28.8. The fourth-order valence-electron chi connectivity index (χ4n) is 4.82. The van der Waals surface area contributed by atoms with Crippen molar-refractivity contribution in [3.63, 3.8) is 0 Å². The second kappa shape index (κ2) is 7.97. The number of amides is 1. The van der Waals surface area contributed by atoms with Crippen molar-refractivity contribution in [2.24, 2.45) is 5.92 Å². The first-order valence-corrected chi connectivity index (χ1v) is 11.3. The minimum Gasteiger partial charge on any atom is -0.375 e. The summed E-state index contributed by atoms with van der Waals surface area (Å²) in [5.74, 6) is 0.487. The maximum Gasteiger partial charge on any atom is 0.225 e. The molecule has 1 amide bonds. The van der Waals surface area contributed by atoms with E-state index in [1.165, 1.54) is 4.70 Å². The van der Waals surface area contributed by atoms with Crippen LogP contribution in [0.25, 0.3) is 10.2 Å². The minimum atomic E-state index is 0.143. The lowest BCUT2D eigenvalue weighted by molar-refractivity contribution is -0.138. The SMILES string of the molecule is O=C([C@H]1CC[C@H]2OCCN[C@@H]2C1)N1CCCN(c2nc3ccccc3s2)CC1. The third-order valence-corrected chi connectivity index (χ3v) is 7.43. The van der Waals surface area contributed by atoms with Gasteiger partial charge in [-0.1, -0.05) is 23.5 Å². The molecule has 1 aromatic carbocycles. The highest BCUT2D eigenvalue weighted by molar-refractivity contribution is 7.22. The third-order valence-electron chi connectivity index (χ3n) is 6.34. The van der Waals surface area contributed by atoms with E-state index < -0.39 is 0 Å². The highest BCUT2D eigenvalue weighted by Gasteiger charge is 2.37. The molecule has 1 saturated carbocycles. The predicted molar refractivity (Wildman–Crippen MR) is 112 cm³/mol. The van der Waals surface area contributed by atoms with Gasteiger partial charge in [0.15, 0.2) is 5.13 Å². The van der Waals surface area contributed by atoms with Crippen molar-refractivity contribution < 1.29 is 9.53 Å². The van der Waals surface area contributed by atoms with Crippen molar-refractivity contribution in [1.82, 2.24) is 15.2 Å². The smallest absolute Gasteiger partial charge is 0.225 e. The molecule has 5 rings (SSSR count). The van der Waals surface area contributed by atoms with E-state index in [1.807, 2.05) is 6.07 Å². The summed E-state index contributed by atoms with van der Waals surface area (Å²) in [6, 6.07) is 8.65. The summed E-state index contributed by atoms with van der Waals surface area (Å²) in [7, 11) is 0. The van der Waals surface area contributed by atoms with Crippen LogP contribution < -0.4 is 10.2 Å². The molecular weight excluding hydrogens is 372 g/mol. The van der Waals surface area contributed by atoms with E-state index >= 15 is 0 Å². The predicted octanol–water partition coefficient (Wildman–Crippen LogP) is 2.49. The summed E-state index contributed by atoms with van der Waals surface area (Å²) in [5, 5.41) is 4.63. The molecule has 6 nitrogen and oxygen atoms in total. The van der Waals surface area contributed by atoms with Crippen LogP contribution in [0.1, 0.15) is 25.7 Å². The number of rotatable bonds is 2. The molecule has 1 aliphatic carbocycles. The number of nitrogens with one attached hydrogen (secondary N) is 1. The molecule has 0 spiro atoms. The van der Waals surface area contributed by atoms with Gasteiger partial charge in [-0.2, -0.15) is 0 Å². The van der Waals surface area contributed by atoms with Crippen molar-refractivity contribution in [1.29, 1.82) is 0 Å². The number of nitrogens with zero attached hydrogens (tertiary/aromatic N) is 3. The van der Waals surface area contributed by atoms with E-state index in [0.29, 0.717) is 18.1 Å². The highest BCUT2D eigenvalue weighted by atomic mass is 32.1. The highest BCUT2D eigenvalue weighted by Crippen LogP contribution is 2.31. The van der Waals surface area contributed by atoms with Gasteiger partial charge in [0.25, 0.3) is 0 Å². The number of hydrogen-bond donors (Lipinski definition) is 1. The van der Waals surface area contributed by atoms with E-state index in [-0.39, 0.29) is 5.92 Å². The van der Waals surface area contributed by atoms with Crippen molar-refractivity contribution in [3.05, 3.63) is 24.3 Å². The van der Waals surface area contributed by atoms with Gasteiger partial charge in [0.2, 0.25) is 5.91 Å². The number of fused-ring (bicyclic) bond motifs is 2. The Labute approximate surface area is 169 Å². The zero-order valence-electron chi connectivity index (χ0n) is 16.2. The zero-order valence-corrected chi connectivity index (χ0v) is 17.0. The molecule has 0 radical (unpaired) electrons. The summed E-state index contributed by atoms with van der Waals surface area (Å²) in [5.41, 5.74) is 1.07. The molecule has 3 aliphatic rings. The average molecular weight is 401 g/mol. The van der Waals surface area contributed by atoms with Gasteiger partial charge in [0.1, 0.15) is 0 Å². The first kappa shape index (κ1) is 18.3. The number of para-hydroxylation sites is 1. The Morgan fingerprint density at radius 1 is 1.18 bits per heavy atom. The summed E-state index contributed by atoms with van der Waals surface area (Å²) < 4.78 is 7.09. The molecule has 2 aliphatic heterocycles. The van der Waals surface area contributed by atoms with E-state index in [0.717, 1.165) is 75.7 Å². The molecule has 0 unspecified atom stereocenters. The summed E-state index contributed by atoms with van der Waals surface area (Å²) in [6.45, 7) is 5.19. The van der Waals surface area contributed by atoms with Gasteiger partial charge in [-0.3, -0.25) is 4.79 Å². The van der Waals surface area contributed by atoms with Gasteiger partial charge in [0.05, 0.1) is 22.9 Å². The van der Waals surface area contributed by atoms with Gasteiger partial charge >= 0.3 is 0 Å². The fraction of sp³-hybridized carbons (Fsp3) is 0.619. The molecule has 2 saturated heterocycles. The molecule has 2 aromatic rings. The van der Waals surface area contributed by atoms with Crippen LogP contribution in [0.5, 0.6) is 0 Å². The fourth-order valence-corrected chi connectivity index (χ4v) is 5.84. The van der Waals surface area contributed by atoms with Gasteiger partial charge in [-0.05, 0) is 37.8 Å².